The predicted octanol–water partition coefficient (Wildman–Crippen LogP) is 5.50. The third kappa shape index (κ3) is 3.18. The first-order valence-electron chi connectivity index (χ1n) is 11.0. The molecule has 0 N–H and O–H groups in total. The fourth-order valence-corrected chi connectivity index (χ4v) is 7.15. The molecule has 3 unspecified atom stereocenters. The summed E-state index contributed by atoms with van der Waals surface area (Å²) in [6.07, 6.45) is 12.1. The van der Waals surface area contributed by atoms with Gasteiger partial charge in [0.25, 0.3) is 0 Å². The largest absolute Gasteiger partial charge is 0.303 e. The first-order valence-corrected chi connectivity index (χ1v) is 11.0. The Bertz CT molecular complexity index is 571. The average molecular weight is 338 g/mol. The minimum absolute atomic E-state index is 0.402. The number of rotatable bonds is 3. The number of hydrogen-bond acceptors (Lipinski definition) is 1. The highest BCUT2D eigenvalue weighted by Crippen LogP contribution is 2.53. The van der Waals surface area contributed by atoms with E-state index in [4.69, 9.17) is 0 Å². The highest BCUT2D eigenvalue weighted by atomic mass is 15.1. The van der Waals surface area contributed by atoms with Gasteiger partial charge in [0.2, 0.25) is 0 Å². The van der Waals surface area contributed by atoms with E-state index >= 15 is 0 Å². The number of likely N-dealkylation sites (tertiary alicyclic amines) is 1. The van der Waals surface area contributed by atoms with Gasteiger partial charge in [-0.25, -0.2) is 0 Å². The minimum atomic E-state index is 0.402. The first-order chi connectivity index (χ1) is 12.2. The molecule has 6 rings (SSSR count). The molecule has 0 amide bonds. The summed E-state index contributed by atoms with van der Waals surface area (Å²) in [6.45, 7) is 6.52. The van der Waals surface area contributed by atoms with Crippen LogP contribution in [-0.4, -0.2) is 24.5 Å². The summed E-state index contributed by atoms with van der Waals surface area (Å²) in [7, 11) is 0. The zero-order chi connectivity index (χ0) is 16.9. The second-order valence-corrected chi connectivity index (χ2v) is 10.3. The maximum atomic E-state index is 2.83. The molecule has 4 bridgehead atoms. The third-order valence-electron chi connectivity index (χ3n) is 8.50. The Labute approximate surface area is 154 Å². The maximum absolute atomic E-state index is 2.83. The van der Waals surface area contributed by atoms with Crippen molar-refractivity contribution in [1.82, 2.24) is 4.90 Å². The molecule has 5 fully saturated rings. The molecule has 4 aliphatic carbocycles. The molecule has 0 aromatic heterocycles. The molecule has 1 heterocycles. The van der Waals surface area contributed by atoms with E-state index in [9.17, 15) is 0 Å². The molecule has 1 aromatic rings. The van der Waals surface area contributed by atoms with Gasteiger partial charge in [0.05, 0.1) is 0 Å². The molecule has 1 nitrogen and oxygen atoms in total. The Morgan fingerprint density at radius 3 is 2.08 bits per heavy atom. The number of piperidine rings is 1. The van der Waals surface area contributed by atoms with Crippen LogP contribution in [0.4, 0.5) is 0 Å². The highest BCUT2D eigenvalue weighted by molar-refractivity contribution is 5.25. The van der Waals surface area contributed by atoms with Crippen LogP contribution in [0.5, 0.6) is 0 Å². The Morgan fingerprint density at radius 2 is 1.44 bits per heavy atom. The molecule has 1 aliphatic heterocycles. The summed E-state index contributed by atoms with van der Waals surface area (Å²) in [5.41, 5.74) is 1.96. The lowest BCUT2D eigenvalue weighted by atomic mass is 9.67. The van der Waals surface area contributed by atoms with Crippen molar-refractivity contribution in [3.63, 3.8) is 0 Å². The van der Waals surface area contributed by atoms with Gasteiger partial charge in [-0.1, -0.05) is 37.3 Å². The van der Waals surface area contributed by atoms with Crippen LogP contribution >= 0.6 is 0 Å². The molecule has 136 valence electrons. The number of hydrogen-bond donors (Lipinski definition) is 0. The maximum Gasteiger partial charge on any atom is 0.00124 e. The van der Waals surface area contributed by atoms with Crippen molar-refractivity contribution >= 4 is 0 Å². The first kappa shape index (κ1) is 16.4. The molecule has 25 heavy (non-hydrogen) atoms. The smallest absolute Gasteiger partial charge is 0.00124 e. The van der Waals surface area contributed by atoms with Gasteiger partial charge in [-0.15, -0.1) is 0 Å². The Kier molecular flexibility index (Phi) is 4.19. The van der Waals surface area contributed by atoms with Gasteiger partial charge in [0.1, 0.15) is 0 Å². The van der Waals surface area contributed by atoms with Crippen LogP contribution in [0.2, 0.25) is 0 Å². The Hall–Kier alpha value is -0.820. The van der Waals surface area contributed by atoms with Crippen LogP contribution < -0.4 is 0 Å². The molecule has 3 atom stereocenters. The van der Waals surface area contributed by atoms with E-state index in [1.807, 2.05) is 0 Å². The van der Waals surface area contributed by atoms with Crippen molar-refractivity contribution in [3.8, 4) is 0 Å². The number of benzene rings is 1. The van der Waals surface area contributed by atoms with Crippen LogP contribution in [0.3, 0.4) is 0 Å². The van der Waals surface area contributed by atoms with E-state index in [0.717, 1.165) is 29.6 Å². The van der Waals surface area contributed by atoms with Gasteiger partial charge >= 0.3 is 0 Å². The second-order valence-electron chi connectivity index (χ2n) is 10.3. The summed E-state index contributed by atoms with van der Waals surface area (Å²) < 4.78 is 0. The van der Waals surface area contributed by atoms with Crippen LogP contribution in [0.25, 0.3) is 0 Å². The average Bonchev–Trinajstić information content (AvgIpc) is 2.81. The van der Waals surface area contributed by atoms with E-state index in [2.05, 4.69) is 42.2 Å². The van der Waals surface area contributed by atoms with E-state index in [-0.39, 0.29) is 0 Å². The highest BCUT2D eigenvalue weighted by Gasteiger charge is 2.44. The van der Waals surface area contributed by atoms with Gasteiger partial charge < -0.3 is 4.90 Å². The van der Waals surface area contributed by atoms with Crippen LogP contribution in [-0.2, 0) is 5.41 Å². The lowest BCUT2D eigenvalue weighted by Gasteiger charge is -2.42. The lowest BCUT2D eigenvalue weighted by Crippen LogP contribution is -2.44. The Balaban J connectivity index is 1.22. The van der Waals surface area contributed by atoms with Crippen molar-refractivity contribution < 1.29 is 0 Å². The van der Waals surface area contributed by atoms with Crippen molar-refractivity contribution in [2.75, 3.05) is 19.6 Å². The number of fused-ring (bicyclic) bond motifs is 1. The van der Waals surface area contributed by atoms with Crippen molar-refractivity contribution in [1.29, 1.82) is 0 Å². The topological polar surface area (TPSA) is 3.24 Å². The fraction of sp³-hybridized carbons (Fsp3) is 0.750. The fourth-order valence-electron chi connectivity index (χ4n) is 7.15. The monoisotopic (exact) mass is 337 g/mol. The Morgan fingerprint density at radius 1 is 0.840 bits per heavy atom. The quantitative estimate of drug-likeness (QED) is 0.703. The molecule has 5 aliphatic rings. The molecular weight excluding hydrogens is 302 g/mol. The molecule has 0 spiro atoms. The van der Waals surface area contributed by atoms with E-state index < -0.39 is 0 Å². The normalized spacial score (nSPS) is 40.1. The standard InChI is InChI=1S/C24H35N/c1-24(23-5-3-2-4-6-23)7-9-25(10-8-24)17-22-16-20-12-18-11-19(13-20)15-21(22)14-18/h2-6,18-22H,7-17H2,1H3. The van der Waals surface area contributed by atoms with E-state index in [0.29, 0.717) is 5.41 Å². The van der Waals surface area contributed by atoms with Gasteiger partial charge in [-0.3, -0.25) is 0 Å². The summed E-state index contributed by atoms with van der Waals surface area (Å²) in [5, 5.41) is 0. The molecule has 1 aromatic carbocycles. The minimum Gasteiger partial charge on any atom is -0.303 e. The lowest BCUT2D eigenvalue weighted by molar-refractivity contribution is 0.0991. The number of nitrogens with zero attached hydrogens (tertiary/aromatic N) is 1. The molecular formula is C24H35N. The van der Waals surface area contributed by atoms with Crippen LogP contribution in [0, 0.1) is 29.6 Å². The second kappa shape index (κ2) is 6.41. The zero-order valence-corrected chi connectivity index (χ0v) is 16.0. The van der Waals surface area contributed by atoms with Gasteiger partial charge in [-0.05, 0) is 105 Å². The molecule has 1 saturated heterocycles. The summed E-state index contributed by atoms with van der Waals surface area (Å²) in [5.74, 6) is 5.38. The van der Waals surface area contributed by atoms with Crippen molar-refractivity contribution in [3.05, 3.63) is 35.9 Å². The van der Waals surface area contributed by atoms with Crippen molar-refractivity contribution in [2.45, 2.75) is 63.7 Å². The third-order valence-corrected chi connectivity index (χ3v) is 8.50. The zero-order valence-electron chi connectivity index (χ0n) is 16.0. The molecule has 1 heteroatoms. The van der Waals surface area contributed by atoms with Gasteiger partial charge in [0, 0.05) is 6.54 Å². The van der Waals surface area contributed by atoms with Crippen LogP contribution in [0.15, 0.2) is 30.3 Å². The molecule has 0 radical (unpaired) electrons. The van der Waals surface area contributed by atoms with E-state index in [1.165, 1.54) is 32.5 Å². The van der Waals surface area contributed by atoms with E-state index in [1.54, 1.807) is 44.1 Å². The van der Waals surface area contributed by atoms with Crippen LogP contribution in [0.1, 0.15) is 63.9 Å². The predicted molar refractivity (Wildman–Crippen MR) is 105 cm³/mol. The summed E-state index contributed by atoms with van der Waals surface area (Å²) >= 11 is 0. The SMILES string of the molecule is CC1(c2ccccc2)CCN(CC2CC3CC4CC(C3)CC2C4)CC1. The molecule has 4 saturated carbocycles. The van der Waals surface area contributed by atoms with Crippen molar-refractivity contribution in [2.24, 2.45) is 29.6 Å². The summed E-state index contributed by atoms with van der Waals surface area (Å²) in [4.78, 5) is 2.83. The van der Waals surface area contributed by atoms with Gasteiger partial charge in [0.15, 0.2) is 0 Å². The summed E-state index contributed by atoms with van der Waals surface area (Å²) in [6, 6.07) is 11.3. The van der Waals surface area contributed by atoms with Gasteiger partial charge in [-0.2, -0.15) is 0 Å².